The van der Waals surface area contributed by atoms with Crippen molar-refractivity contribution in [3.8, 4) is 22.4 Å². The van der Waals surface area contributed by atoms with Crippen molar-refractivity contribution in [1.82, 2.24) is 15.2 Å². The molecule has 116 valence electrons. The molecule has 2 aromatic heterocycles. The molecule has 0 fully saturated rings. The summed E-state index contributed by atoms with van der Waals surface area (Å²) in [6.45, 7) is 0. The Morgan fingerprint density at radius 1 is 0.708 bits per heavy atom. The number of pyridine rings is 1. The van der Waals surface area contributed by atoms with Gasteiger partial charge < -0.3 is 0 Å². The van der Waals surface area contributed by atoms with Gasteiger partial charge in [-0.3, -0.25) is 24.8 Å². The minimum atomic E-state index is -0.367. The highest BCUT2D eigenvalue weighted by Gasteiger charge is 2.17. The lowest BCUT2D eigenvalue weighted by molar-refractivity contribution is 0.975. The predicted octanol–water partition coefficient (Wildman–Crippen LogP) is 2.95. The van der Waals surface area contributed by atoms with Crippen LogP contribution in [0.1, 0.15) is 0 Å². The van der Waals surface area contributed by atoms with Crippen molar-refractivity contribution < 1.29 is 0 Å². The number of aromatic nitrogens is 3. The average molecular weight is 315 g/mol. The molecule has 0 aliphatic heterocycles. The Hall–Kier alpha value is -3.47. The first-order valence-corrected chi connectivity index (χ1v) is 7.50. The minimum absolute atomic E-state index is 0.275. The fraction of sp³-hybridized carbons (Fsp3) is 0. The smallest absolute Gasteiger partial charge is 0.267 e. The van der Waals surface area contributed by atoms with Gasteiger partial charge in [-0.25, -0.2) is 0 Å². The van der Waals surface area contributed by atoms with Crippen molar-refractivity contribution in [2.75, 3.05) is 0 Å². The van der Waals surface area contributed by atoms with Crippen molar-refractivity contribution in [2.45, 2.75) is 0 Å². The van der Waals surface area contributed by atoms with Crippen LogP contribution >= 0.6 is 0 Å². The number of benzene rings is 2. The number of aromatic amines is 2. The molecule has 0 bridgehead atoms. The standard InChI is InChI=1S/C19H13N3O2/c23-18-14-11-20-17(13-9-5-2-6-10-13)15(12-7-3-1-4-8-12)16(14)19(24)22-21-18/h1-11H,(H,21,23)(H,22,24). The Kier molecular flexibility index (Phi) is 3.31. The molecule has 0 amide bonds. The van der Waals surface area contributed by atoms with Gasteiger partial charge in [0.25, 0.3) is 11.1 Å². The first-order chi connectivity index (χ1) is 11.8. The molecule has 0 aliphatic carbocycles. The lowest BCUT2D eigenvalue weighted by Gasteiger charge is -2.11. The van der Waals surface area contributed by atoms with Gasteiger partial charge in [-0.1, -0.05) is 60.7 Å². The third-order valence-electron chi connectivity index (χ3n) is 3.95. The molecule has 0 unspecified atom stereocenters. The van der Waals surface area contributed by atoms with E-state index >= 15 is 0 Å². The van der Waals surface area contributed by atoms with E-state index < -0.39 is 0 Å². The van der Waals surface area contributed by atoms with Gasteiger partial charge >= 0.3 is 0 Å². The van der Waals surface area contributed by atoms with Crippen LogP contribution in [0.25, 0.3) is 33.2 Å². The van der Waals surface area contributed by atoms with Crippen LogP contribution in [0.2, 0.25) is 0 Å². The van der Waals surface area contributed by atoms with Gasteiger partial charge in [-0.2, -0.15) is 0 Å². The quantitative estimate of drug-likeness (QED) is 0.597. The molecule has 0 saturated heterocycles. The van der Waals surface area contributed by atoms with Crippen molar-refractivity contribution in [2.24, 2.45) is 0 Å². The van der Waals surface area contributed by atoms with Gasteiger partial charge in [0, 0.05) is 17.3 Å². The van der Waals surface area contributed by atoms with E-state index in [-0.39, 0.29) is 16.5 Å². The molecule has 24 heavy (non-hydrogen) atoms. The lowest BCUT2D eigenvalue weighted by Crippen LogP contribution is -2.20. The minimum Gasteiger partial charge on any atom is -0.267 e. The third-order valence-corrected chi connectivity index (χ3v) is 3.95. The normalized spacial score (nSPS) is 10.8. The number of H-pyrrole nitrogens is 2. The van der Waals surface area contributed by atoms with Crippen molar-refractivity contribution in [3.05, 3.63) is 87.6 Å². The molecule has 2 heterocycles. The first-order valence-electron chi connectivity index (χ1n) is 7.50. The van der Waals surface area contributed by atoms with Gasteiger partial charge in [-0.15, -0.1) is 0 Å². The predicted molar refractivity (Wildman–Crippen MR) is 93.9 cm³/mol. The van der Waals surface area contributed by atoms with E-state index in [4.69, 9.17) is 0 Å². The molecule has 0 radical (unpaired) electrons. The molecule has 5 nitrogen and oxygen atoms in total. The van der Waals surface area contributed by atoms with E-state index in [1.807, 2.05) is 60.7 Å². The Labute approximate surface area is 136 Å². The summed E-state index contributed by atoms with van der Waals surface area (Å²) in [6.07, 6.45) is 1.46. The molecule has 2 N–H and O–H groups in total. The number of nitrogens with one attached hydrogen (secondary N) is 2. The van der Waals surface area contributed by atoms with Crippen LogP contribution in [0.5, 0.6) is 0 Å². The highest BCUT2D eigenvalue weighted by molar-refractivity contribution is 6.01. The lowest BCUT2D eigenvalue weighted by atomic mass is 9.95. The zero-order chi connectivity index (χ0) is 16.5. The molecule has 0 saturated carbocycles. The van der Waals surface area contributed by atoms with Crippen LogP contribution in [-0.4, -0.2) is 15.2 Å². The molecule has 4 aromatic rings. The molecule has 0 spiro atoms. The maximum absolute atomic E-state index is 12.5. The van der Waals surface area contributed by atoms with Crippen LogP contribution in [-0.2, 0) is 0 Å². The fourth-order valence-corrected chi connectivity index (χ4v) is 2.86. The third kappa shape index (κ3) is 2.23. The Morgan fingerprint density at radius 3 is 1.96 bits per heavy atom. The second-order valence-electron chi connectivity index (χ2n) is 5.41. The number of hydrogen-bond donors (Lipinski definition) is 2. The molecular formula is C19H13N3O2. The molecule has 0 atom stereocenters. The summed E-state index contributed by atoms with van der Waals surface area (Å²) in [7, 11) is 0. The van der Waals surface area contributed by atoms with Crippen LogP contribution in [0.4, 0.5) is 0 Å². The van der Waals surface area contributed by atoms with Gasteiger partial charge in [-0.05, 0) is 5.56 Å². The highest BCUT2D eigenvalue weighted by atomic mass is 16.1. The van der Waals surface area contributed by atoms with Gasteiger partial charge in [0.15, 0.2) is 0 Å². The Morgan fingerprint density at radius 2 is 1.29 bits per heavy atom. The second-order valence-corrected chi connectivity index (χ2v) is 5.41. The topological polar surface area (TPSA) is 78.6 Å². The van der Waals surface area contributed by atoms with E-state index in [2.05, 4.69) is 15.2 Å². The molecule has 2 aromatic carbocycles. The van der Waals surface area contributed by atoms with E-state index in [1.54, 1.807) is 0 Å². The Bertz CT molecular complexity index is 1130. The summed E-state index contributed by atoms with van der Waals surface area (Å²) in [5.74, 6) is 0. The molecule has 0 aliphatic rings. The monoisotopic (exact) mass is 315 g/mol. The number of nitrogens with zero attached hydrogens (tertiary/aromatic N) is 1. The summed E-state index contributed by atoms with van der Waals surface area (Å²) >= 11 is 0. The molecule has 5 heteroatoms. The maximum atomic E-state index is 12.5. The number of rotatable bonds is 2. The van der Waals surface area contributed by atoms with Crippen molar-refractivity contribution in [3.63, 3.8) is 0 Å². The number of hydrogen-bond acceptors (Lipinski definition) is 3. The molecule has 4 rings (SSSR count). The van der Waals surface area contributed by atoms with Crippen LogP contribution in [0, 0.1) is 0 Å². The summed E-state index contributed by atoms with van der Waals surface area (Å²) < 4.78 is 0. The fourth-order valence-electron chi connectivity index (χ4n) is 2.86. The Balaban J connectivity index is 2.21. The first kappa shape index (κ1) is 14.1. The van der Waals surface area contributed by atoms with Gasteiger partial charge in [0.1, 0.15) is 0 Å². The average Bonchev–Trinajstić information content (AvgIpc) is 2.65. The summed E-state index contributed by atoms with van der Waals surface area (Å²) in [5, 5.41) is 5.38. The van der Waals surface area contributed by atoms with E-state index in [0.29, 0.717) is 16.6 Å². The second kappa shape index (κ2) is 5.62. The zero-order valence-electron chi connectivity index (χ0n) is 12.6. The maximum Gasteiger partial charge on any atom is 0.272 e. The highest BCUT2D eigenvalue weighted by Crippen LogP contribution is 2.33. The van der Waals surface area contributed by atoms with Crippen molar-refractivity contribution >= 4 is 10.8 Å². The SMILES string of the molecule is O=c1[nH][nH]c(=O)c2c(-c3ccccc3)c(-c3ccccc3)ncc12. The van der Waals surface area contributed by atoms with Gasteiger partial charge in [0.05, 0.1) is 16.5 Å². The largest absolute Gasteiger partial charge is 0.272 e. The van der Waals surface area contributed by atoms with E-state index in [1.165, 1.54) is 6.20 Å². The van der Waals surface area contributed by atoms with Gasteiger partial charge in [0.2, 0.25) is 0 Å². The zero-order valence-corrected chi connectivity index (χ0v) is 12.6. The van der Waals surface area contributed by atoms with Crippen LogP contribution in [0.15, 0.2) is 76.4 Å². The van der Waals surface area contributed by atoms with E-state index in [0.717, 1.165) is 11.1 Å². The van der Waals surface area contributed by atoms with E-state index in [9.17, 15) is 9.59 Å². The van der Waals surface area contributed by atoms with Crippen LogP contribution < -0.4 is 11.1 Å². The summed E-state index contributed by atoms with van der Waals surface area (Å²) in [5.41, 5.74) is 2.34. The summed E-state index contributed by atoms with van der Waals surface area (Å²) in [4.78, 5) is 29.0. The molecular weight excluding hydrogens is 302 g/mol. The van der Waals surface area contributed by atoms with Crippen LogP contribution in [0.3, 0.4) is 0 Å². The summed E-state index contributed by atoms with van der Waals surface area (Å²) in [6, 6.07) is 19.1. The number of fused-ring (bicyclic) bond motifs is 1. The van der Waals surface area contributed by atoms with Crippen molar-refractivity contribution in [1.29, 1.82) is 0 Å².